The van der Waals surface area contributed by atoms with Crippen LogP contribution in [0.15, 0.2) is 12.1 Å². The Bertz CT molecular complexity index is 287. The molecule has 0 aromatic heterocycles. The van der Waals surface area contributed by atoms with Crippen molar-refractivity contribution < 1.29 is 5.11 Å². The topological polar surface area (TPSA) is 20.2 Å². The van der Waals surface area contributed by atoms with E-state index in [1.54, 1.807) is 0 Å². The highest BCUT2D eigenvalue weighted by Crippen LogP contribution is 2.30. The minimum Gasteiger partial charge on any atom is -0.508 e. The summed E-state index contributed by atoms with van der Waals surface area (Å²) in [7, 11) is 0. The molecule has 0 bridgehead atoms. The Morgan fingerprint density at radius 2 is 1.71 bits per heavy atom. The Morgan fingerprint density at radius 1 is 1.14 bits per heavy atom. The van der Waals surface area contributed by atoms with Gasteiger partial charge in [0.15, 0.2) is 0 Å². The summed E-state index contributed by atoms with van der Waals surface area (Å²) >= 11 is 11.9. The van der Waals surface area contributed by atoms with E-state index in [2.05, 4.69) is 6.92 Å². The van der Waals surface area contributed by atoms with Crippen molar-refractivity contribution >= 4 is 23.2 Å². The summed E-state index contributed by atoms with van der Waals surface area (Å²) in [6, 6.07) is 3.07. The highest BCUT2D eigenvalue weighted by Gasteiger charge is 2.07. The SMILES string of the molecule is CCCCCc1c(Cl)cc(O)cc1Cl. The first-order chi connectivity index (χ1) is 6.65. The molecule has 0 amide bonds. The van der Waals surface area contributed by atoms with E-state index >= 15 is 0 Å². The van der Waals surface area contributed by atoms with Gasteiger partial charge in [-0.3, -0.25) is 0 Å². The highest BCUT2D eigenvalue weighted by molar-refractivity contribution is 6.36. The molecular formula is C11H14Cl2O. The van der Waals surface area contributed by atoms with Crippen molar-refractivity contribution in [3.05, 3.63) is 27.7 Å². The van der Waals surface area contributed by atoms with Crippen LogP contribution in [0.3, 0.4) is 0 Å². The van der Waals surface area contributed by atoms with Crippen LogP contribution in [0.2, 0.25) is 10.0 Å². The molecule has 0 fully saturated rings. The van der Waals surface area contributed by atoms with Crippen LogP contribution in [0.25, 0.3) is 0 Å². The third kappa shape index (κ3) is 3.07. The molecule has 14 heavy (non-hydrogen) atoms. The number of unbranched alkanes of at least 4 members (excludes halogenated alkanes) is 2. The Hall–Kier alpha value is -0.400. The van der Waals surface area contributed by atoms with Gasteiger partial charge in [0.2, 0.25) is 0 Å². The van der Waals surface area contributed by atoms with E-state index in [9.17, 15) is 5.11 Å². The monoisotopic (exact) mass is 232 g/mol. The Morgan fingerprint density at radius 3 is 2.21 bits per heavy atom. The molecule has 0 aliphatic rings. The van der Waals surface area contributed by atoms with Gasteiger partial charge >= 0.3 is 0 Å². The van der Waals surface area contributed by atoms with Crippen LogP contribution in [0.4, 0.5) is 0 Å². The fourth-order valence-electron chi connectivity index (χ4n) is 1.38. The first kappa shape index (κ1) is 11.7. The number of rotatable bonds is 4. The van der Waals surface area contributed by atoms with Crippen molar-refractivity contribution in [3.63, 3.8) is 0 Å². The van der Waals surface area contributed by atoms with Gasteiger partial charge in [0, 0.05) is 10.0 Å². The molecule has 0 saturated heterocycles. The highest BCUT2D eigenvalue weighted by atomic mass is 35.5. The molecule has 0 saturated carbocycles. The van der Waals surface area contributed by atoms with Crippen molar-refractivity contribution in [2.75, 3.05) is 0 Å². The minimum atomic E-state index is 0.124. The van der Waals surface area contributed by atoms with Gasteiger partial charge in [0.05, 0.1) is 0 Å². The lowest BCUT2D eigenvalue weighted by molar-refractivity contribution is 0.475. The van der Waals surface area contributed by atoms with Crippen molar-refractivity contribution in [1.82, 2.24) is 0 Å². The second kappa shape index (κ2) is 5.47. The largest absolute Gasteiger partial charge is 0.508 e. The second-order valence-electron chi connectivity index (χ2n) is 3.35. The summed E-state index contributed by atoms with van der Waals surface area (Å²) in [4.78, 5) is 0. The van der Waals surface area contributed by atoms with Gasteiger partial charge in [-0.15, -0.1) is 0 Å². The summed E-state index contributed by atoms with van der Waals surface area (Å²) in [6.07, 6.45) is 4.31. The lowest BCUT2D eigenvalue weighted by atomic mass is 10.1. The Kier molecular flexibility index (Phi) is 4.56. The zero-order valence-corrected chi connectivity index (χ0v) is 9.70. The molecule has 1 N–H and O–H groups in total. The summed E-state index contributed by atoms with van der Waals surface area (Å²) < 4.78 is 0. The number of halogens is 2. The lowest BCUT2D eigenvalue weighted by Gasteiger charge is -2.07. The van der Waals surface area contributed by atoms with Gasteiger partial charge in [-0.1, -0.05) is 43.0 Å². The van der Waals surface area contributed by atoms with Crippen LogP contribution in [0, 0.1) is 0 Å². The smallest absolute Gasteiger partial charge is 0.118 e. The van der Waals surface area contributed by atoms with Gasteiger partial charge in [0.1, 0.15) is 5.75 Å². The van der Waals surface area contributed by atoms with E-state index in [-0.39, 0.29) is 5.75 Å². The summed E-state index contributed by atoms with van der Waals surface area (Å²) in [6.45, 7) is 2.15. The quantitative estimate of drug-likeness (QED) is 0.762. The van der Waals surface area contributed by atoms with Gasteiger partial charge in [-0.05, 0) is 30.5 Å². The Labute approximate surface area is 94.7 Å². The predicted octanol–water partition coefficient (Wildman–Crippen LogP) is 4.43. The molecule has 1 nitrogen and oxygen atoms in total. The first-order valence-electron chi connectivity index (χ1n) is 4.82. The summed E-state index contributed by atoms with van der Waals surface area (Å²) in [5.74, 6) is 0.124. The zero-order chi connectivity index (χ0) is 10.6. The summed E-state index contributed by atoms with van der Waals surface area (Å²) in [5.41, 5.74) is 0.944. The molecule has 0 unspecified atom stereocenters. The molecule has 0 spiro atoms. The third-order valence-corrected chi connectivity index (χ3v) is 2.83. The number of hydrogen-bond donors (Lipinski definition) is 1. The van der Waals surface area contributed by atoms with Crippen LogP contribution in [0.1, 0.15) is 31.7 Å². The van der Waals surface area contributed by atoms with E-state index in [0.29, 0.717) is 10.0 Å². The average molecular weight is 233 g/mol. The molecule has 1 aromatic rings. The van der Waals surface area contributed by atoms with Crippen LogP contribution < -0.4 is 0 Å². The van der Waals surface area contributed by atoms with Crippen LogP contribution >= 0.6 is 23.2 Å². The molecule has 0 aliphatic heterocycles. The van der Waals surface area contributed by atoms with Crippen LogP contribution in [-0.4, -0.2) is 5.11 Å². The molecule has 3 heteroatoms. The molecular weight excluding hydrogens is 219 g/mol. The van der Waals surface area contributed by atoms with Gasteiger partial charge in [-0.2, -0.15) is 0 Å². The van der Waals surface area contributed by atoms with E-state index in [1.807, 2.05) is 0 Å². The normalized spacial score (nSPS) is 10.5. The molecule has 0 atom stereocenters. The standard InChI is InChI=1S/C11H14Cl2O/c1-2-3-4-5-9-10(12)6-8(14)7-11(9)13/h6-7,14H,2-5H2,1H3. The van der Waals surface area contributed by atoms with Crippen LogP contribution in [-0.2, 0) is 6.42 Å². The number of aromatic hydroxyl groups is 1. The minimum absolute atomic E-state index is 0.124. The molecule has 0 radical (unpaired) electrons. The fourth-order valence-corrected chi connectivity index (χ4v) is 2.04. The van der Waals surface area contributed by atoms with Gasteiger partial charge in [0.25, 0.3) is 0 Å². The average Bonchev–Trinajstić information content (AvgIpc) is 2.09. The summed E-state index contributed by atoms with van der Waals surface area (Å²) in [5, 5.41) is 10.3. The van der Waals surface area contributed by atoms with E-state index in [1.165, 1.54) is 25.0 Å². The first-order valence-corrected chi connectivity index (χ1v) is 5.57. The molecule has 0 aliphatic carbocycles. The van der Waals surface area contributed by atoms with Crippen molar-refractivity contribution in [1.29, 1.82) is 0 Å². The predicted molar refractivity (Wildman–Crippen MR) is 61.4 cm³/mol. The lowest BCUT2D eigenvalue weighted by Crippen LogP contribution is -1.88. The number of hydrogen-bond acceptors (Lipinski definition) is 1. The van der Waals surface area contributed by atoms with E-state index in [0.717, 1.165) is 18.4 Å². The number of phenolic OH excluding ortho intramolecular Hbond substituents is 1. The van der Waals surface area contributed by atoms with Crippen molar-refractivity contribution in [2.45, 2.75) is 32.6 Å². The Balaban J connectivity index is 2.75. The fraction of sp³-hybridized carbons (Fsp3) is 0.455. The van der Waals surface area contributed by atoms with E-state index < -0.39 is 0 Å². The van der Waals surface area contributed by atoms with Crippen LogP contribution in [0.5, 0.6) is 5.75 Å². The van der Waals surface area contributed by atoms with Crippen molar-refractivity contribution in [3.8, 4) is 5.75 Å². The number of phenols is 1. The van der Waals surface area contributed by atoms with E-state index in [4.69, 9.17) is 23.2 Å². The maximum atomic E-state index is 9.22. The van der Waals surface area contributed by atoms with Gasteiger partial charge < -0.3 is 5.11 Å². The second-order valence-corrected chi connectivity index (χ2v) is 4.16. The maximum Gasteiger partial charge on any atom is 0.118 e. The molecule has 78 valence electrons. The third-order valence-electron chi connectivity index (χ3n) is 2.16. The molecule has 1 rings (SSSR count). The van der Waals surface area contributed by atoms with Crippen molar-refractivity contribution in [2.24, 2.45) is 0 Å². The number of benzene rings is 1. The van der Waals surface area contributed by atoms with Gasteiger partial charge in [-0.25, -0.2) is 0 Å². The molecule has 1 aromatic carbocycles. The molecule has 0 heterocycles. The maximum absolute atomic E-state index is 9.22. The zero-order valence-electron chi connectivity index (χ0n) is 8.19.